The summed E-state index contributed by atoms with van der Waals surface area (Å²) in [6, 6.07) is 9.10. The molecule has 1 aliphatic heterocycles. The van der Waals surface area contributed by atoms with Gasteiger partial charge in [-0.1, -0.05) is 56.3 Å². The van der Waals surface area contributed by atoms with E-state index < -0.39 is 89.4 Å². The Hall–Kier alpha value is -5.32. The predicted octanol–water partition coefficient (Wildman–Crippen LogP) is 2.94. The van der Waals surface area contributed by atoms with Gasteiger partial charge in [-0.3, -0.25) is 28.8 Å². The quantitative estimate of drug-likeness (QED) is 0.317. The van der Waals surface area contributed by atoms with Crippen LogP contribution in [0.4, 0.5) is 13.2 Å². The minimum Gasteiger partial charge on any atom is -0.345 e. The molecule has 1 aromatic heterocycles. The van der Waals surface area contributed by atoms with Crippen molar-refractivity contribution in [1.29, 1.82) is 0 Å². The van der Waals surface area contributed by atoms with E-state index in [1.54, 1.807) is 32.0 Å². The first-order valence-corrected chi connectivity index (χ1v) is 17.7. The number of benzene rings is 2. The topological polar surface area (TPSA) is 170 Å². The highest BCUT2D eigenvalue weighted by molar-refractivity contribution is 7.09. The van der Waals surface area contributed by atoms with Crippen molar-refractivity contribution in [2.45, 2.75) is 64.5 Å². The number of hydrogen-bond donors (Lipinski definition) is 4. The molecule has 284 valence electrons. The fourth-order valence-electron chi connectivity index (χ4n) is 5.58. The number of amides is 6. The summed E-state index contributed by atoms with van der Waals surface area (Å²) >= 11 is 1.06. The van der Waals surface area contributed by atoms with Gasteiger partial charge in [-0.15, -0.1) is 11.3 Å². The van der Waals surface area contributed by atoms with E-state index >= 15 is 0 Å². The van der Waals surface area contributed by atoms with Crippen LogP contribution in [0.3, 0.4) is 0 Å². The highest BCUT2D eigenvalue weighted by Crippen LogP contribution is 2.32. The van der Waals surface area contributed by atoms with E-state index in [1.807, 2.05) is 12.1 Å². The normalized spacial score (nSPS) is 21.6. The van der Waals surface area contributed by atoms with Gasteiger partial charge in [0.05, 0.1) is 23.7 Å². The second-order valence-electron chi connectivity index (χ2n) is 13.1. The molecule has 4 N–H and O–H groups in total. The minimum absolute atomic E-state index is 0.0445. The van der Waals surface area contributed by atoms with E-state index in [1.165, 1.54) is 37.2 Å². The van der Waals surface area contributed by atoms with Crippen molar-refractivity contribution in [3.8, 4) is 0 Å². The lowest BCUT2D eigenvalue weighted by atomic mass is 10.0. The van der Waals surface area contributed by atoms with Crippen LogP contribution >= 0.6 is 11.3 Å². The van der Waals surface area contributed by atoms with Crippen LogP contribution < -0.4 is 21.3 Å². The average molecular weight is 758 g/mol. The number of nitrogens with zero attached hydrogens (tertiary/aromatic N) is 3. The van der Waals surface area contributed by atoms with Gasteiger partial charge in [0.2, 0.25) is 23.6 Å². The van der Waals surface area contributed by atoms with Crippen molar-refractivity contribution in [1.82, 2.24) is 36.1 Å². The third kappa shape index (κ3) is 10.6. The van der Waals surface area contributed by atoms with E-state index in [2.05, 4.69) is 26.3 Å². The maximum atomic E-state index is 14.0. The molecule has 0 spiro atoms. The van der Waals surface area contributed by atoms with Gasteiger partial charge in [0.1, 0.15) is 28.8 Å². The van der Waals surface area contributed by atoms with E-state index in [0.717, 1.165) is 40.0 Å². The molecule has 2 heterocycles. The van der Waals surface area contributed by atoms with E-state index in [4.69, 9.17) is 0 Å². The number of halogens is 3. The van der Waals surface area contributed by atoms with Crippen molar-refractivity contribution >= 4 is 46.8 Å². The number of carbonyl (C=O) groups is 6. The van der Waals surface area contributed by atoms with Crippen molar-refractivity contribution in [3.63, 3.8) is 0 Å². The summed E-state index contributed by atoms with van der Waals surface area (Å²) in [5.74, 6) is -4.88. The number of fused-ring (bicyclic) bond motifs is 2. The Morgan fingerprint density at radius 1 is 0.887 bits per heavy atom. The zero-order chi connectivity index (χ0) is 39.0. The Morgan fingerprint density at radius 3 is 2.21 bits per heavy atom. The van der Waals surface area contributed by atoms with Gasteiger partial charge in [0, 0.05) is 25.5 Å². The molecule has 0 radical (unpaired) electrons. The maximum absolute atomic E-state index is 14.0. The fraction of sp³-hybridized carbons (Fsp3) is 0.417. The molecule has 3 aromatic rings. The Balaban J connectivity index is 1.73. The van der Waals surface area contributed by atoms with Gasteiger partial charge in [-0.2, -0.15) is 13.2 Å². The van der Waals surface area contributed by atoms with Crippen LogP contribution in [0.5, 0.6) is 0 Å². The molecular weight excluding hydrogens is 716 g/mol. The van der Waals surface area contributed by atoms with Gasteiger partial charge in [-0.25, -0.2) is 4.98 Å². The van der Waals surface area contributed by atoms with Gasteiger partial charge in [-0.05, 0) is 43.9 Å². The summed E-state index contributed by atoms with van der Waals surface area (Å²) in [4.78, 5) is 86.9. The largest absolute Gasteiger partial charge is 0.417 e. The van der Waals surface area contributed by atoms with Crippen molar-refractivity contribution in [3.05, 3.63) is 87.4 Å². The second-order valence-corrected chi connectivity index (χ2v) is 14.0. The highest BCUT2D eigenvalue weighted by Gasteiger charge is 2.37. The molecule has 0 fully saturated rings. The number of hydrogen-bond acceptors (Lipinski definition) is 8. The predicted molar refractivity (Wildman–Crippen MR) is 189 cm³/mol. The summed E-state index contributed by atoms with van der Waals surface area (Å²) < 4.78 is 41.9. The first kappa shape index (κ1) is 40.5. The zero-order valence-corrected chi connectivity index (χ0v) is 30.6. The van der Waals surface area contributed by atoms with E-state index in [9.17, 15) is 41.9 Å². The molecular formula is C36H42F3N7O6S. The number of thiazole rings is 1. The molecule has 0 saturated carbocycles. The van der Waals surface area contributed by atoms with Gasteiger partial charge < -0.3 is 31.1 Å². The van der Waals surface area contributed by atoms with Crippen LogP contribution in [0.25, 0.3) is 0 Å². The number of rotatable bonds is 4. The standard InChI is InChI=1S/C36H42F3N7O6S/c1-20(2)29-32(50)41-22(4)34(51)45(5)15-16-46(35(52)24-13-9-10-14-25(24)36(37,38)39)18-28(47)42-26(17-23-11-7-6-8-12-23)33-43-27(19-53-33)31(49)40-21(3)30(48)44-29/h6-14,19-22,26,29H,15-18H2,1-5H3,(H,40,49)(H,41,50)(H,42,47)(H,44,48)/t21-,22+,26-,29-/m0/s1. The lowest BCUT2D eigenvalue weighted by Crippen LogP contribution is -2.57. The van der Waals surface area contributed by atoms with Crippen LogP contribution in [0.15, 0.2) is 60.0 Å². The summed E-state index contributed by atoms with van der Waals surface area (Å²) in [5.41, 5.74) is -1.12. The van der Waals surface area contributed by atoms with Crippen LogP contribution in [-0.4, -0.2) is 95.0 Å². The first-order chi connectivity index (χ1) is 25.0. The van der Waals surface area contributed by atoms with E-state index in [0.29, 0.717) is 5.01 Å². The Bertz CT molecular complexity index is 1820. The van der Waals surface area contributed by atoms with Crippen LogP contribution in [-0.2, 0) is 31.8 Å². The maximum Gasteiger partial charge on any atom is 0.417 e. The number of carbonyl (C=O) groups excluding carboxylic acids is 6. The first-order valence-electron chi connectivity index (χ1n) is 16.9. The molecule has 6 amide bonds. The van der Waals surface area contributed by atoms with Gasteiger partial charge in [0.15, 0.2) is 0 Å². The fourth-order valence-corrected chi connectivity index (χ4v) is 6.43. The summed E-state index contributed by atoms with van der Waals surface area (Å²) in [6.45, 7) is 4.97. The van der Waals surface area contributed by atoms with Crippen LogP contribution in [0.2, 0.25) is 0 Å². The van der Waals surface area contributed by atoms with Crippen molar-refractivity contribution in [2.75, 3.05) is 26.7 Å². The molecule has 4 rings (SSSR count). The minimum atomic E-state index is -4.87. The molecule has 13 nitrogen and oxygen atoms in total. The van der Waals surface area contributed by atoms with Gasteiger partial charge in [0.25, 0.3) is 11.8 Å². The number of nitrogens with one attached hydrogen (secondary N) is 4. The lowest BCUT2D eigenvalue weighted by molar-refractivity contribution is -0.138. The Labute approximate surface area is 308 Å². The molecule has 53 heavy (non-hydrogen) atoms. The molecule has 0 saturated heterocycles. The van der Waals surface area contributed by atoms with Crippen LogP contribution in [0.1, 0.15) is 70.7 Å². The Morgan fingerprint density at radius 2 is 1.55 bits per heavy atom. The smallest absolute Gasteiger partial charge is 0.345 e. The molecule has 2 aromatic carbocycles. The molecule has 0 unspecified atom stereocenters. The molecule has 2 bridgehead atoms. The van der Waals surface area contributed by atoms with E-state index in [-0.39, 0.29) is 25.2 Å². The number of likely N-dealkylation sites (N-methyl/N-ethyl adjacent to an activating group) is 1. The molecule has 17 heteroatoms. The summed E-state index contributed by atoms with van der Waals surface area (Å²) in [7, 11) is 1.38. The van der Waals surface area contributed by atoms with Crippen LogP contribution in [0, 0.1) is 5.92 Å². The second kappa shape index (κ2) is 17.5. The third-order valence-corrected chi connectivity index (χ3v) is 9.51. The monoisotopic (exact) mass is 757 g/mol. The Kier molecular flexibility index (Phi) is 13.3. The SMILES string of the molecule is CC(C)[C@@H]1NC(=O)[C@H](C)NC(=O)c2csc(n2)[C@H](Cc2ccccc2)NC(=O)CN(C(=O)c2ccccc2C(F)(F)F)CCN(C)C(=O)[C@@H](C)NC1=O. The average Bonchev–Trinajstić information content (AvgIpc) is 3.61. The molecule has 4 atom stereocenters. The number of aromatic nitrogens is 1. The highest BCUT2D eigenvalue weighted by atomic mass is 32.1. The van der Waals surface area contributed by atoms with Gasteiger partial charge >= 0.3 is 6.18 Å². The third-order valence-electron chi connectivity index (χ3n) is 8.55. The van der Waals surface area contributed by atoms with Crippen molar-refractivity contribution < 1.29 is 41.9 Å². The molecule has 0 aliphatic carbocycles. The number of alkyl halides is 3. The van der Waals surface area contributed by atoms with Crippen molar-refractivity contribution in [2.24, 2.45) is 5.92 Å². The molecule has 1 aliphatic rings. The zero-order valence-electron chi connectivity index (χ0n) is 29.8. The lowest BCUT2D eigenvalue weighted by Gasteiger charge is -2.29. The summed E-state index contributed by atoms with van der Waals surface area (Å²) in [6.07, 6.45) is -4.67. The summed E-state index contributed by atoms with van der Waals surface area (Å²) in [5, 5.41) is 12.3.